The van der Waals surface area contributed by atoms with Crippen LogP contribution >= 0.6 is 11.3 Å². The molecule has 3 aromatic carbocycles. The quantitative estimate of drug-likeness (QED) is 0.251. The van der Waals surface area contributed by atoms with Gasteiger partial charge in [0, 0.05) is 42.1 Å². The highest BCUT2D eigenvalue weighted by molar-refractivity contribution is 7.10. The monoisotopic (exact) mass is 595 g/mol. The van der Waals surface area contributed by atoms with Crippen molar-refractivity contribution in [2.24, 2.45) is 0 Å². The number of hydrogen-bond acceptors (Lipinski definition) is 6. The van der Waals surface area contributed by atoms with Crippen LogP contribution in [0.5, 0.6) is 5.75 Å². The zero-order valence-electron chi connectivity index (χ0n) is 22.4. The molecule has 1 aromatic heterocycles. The molecule has 1 fully saturated rings. The summed E-state index contributed by atoms with van der Waals surface area (Å²) in [4.78, 5) is 32.1. The molecular formula is C31H28F3N3O4S. The molecule has 0 radical (unpaired) electrons. The molecule has 5 rings (SSSR count). The van der Waals surface area contributed by atoms with Crippen LogP contribution < -0.4 is 10.1 Å². The molecule has 1 atom stereocenters. The molecule has 1 saturated heterocycles. The van der Waals surface area contributed by atoms with E-state index >= 15 is 0 Å². The molecule has 1 aliphatic heterocycles. The first-order valence-electron chi connectivity index (χ1n) is 13.4. The first-order valence-corrected chi connectivity index (χ1v) is 14.3. The van der Waals surface area contributed by atoms with Gasteiger partial charge in [0.1, 0.15) is 17.5 Å². The molecule has 1 aliphatic rings. The lowest BCUT2D eigenvalue weighted by molar-refractivity contribution is -0.274. The average molecular weight is 596 g/mol. The van der Waals surface area contributed by atoms with Crippen LogP contribution in [0.2, 0.25) is 0 Å². The molecule has 2 N–H and O–H groups in total. The smallest absolute Gasteiger partial charge is 0.406 e. The Labute approximate surface area is 244 Å². The number of aliphatic hydroxyl groups excluding tert-OH is 1. The number of para-hydroxylation sites is 1. The maximum atomic E-state index is 13.1. The molecule has 2 amide bonds. The number of likely N-dealkylation sites (tertiary alicyclic amines) is 1. The molecule has 42 heavy (non-hydrogen) atoms. The summed E-state index contributed by atoms with van der Waals surface area (Å²) in [6.45, 7) is 0.993. The van der Waals surface area contributed by atoms with Gasteiger partial charge in [0.2, 0.25) is 0 Å². The number of thiazole rings is 1. The maximum absolute atomic E-state index is 13.1. The van der Waals surface area contributed by atoms with Crippen LogP contribution in [0.3, 0.4) is 0 Å². The number of benzene rings is 3. The van der Waals surface area contributed by atoms with Crippen molar-refractivity contribution in [1.29, 1.82) is 0 Å². The van der Waals surface area contributed by atoms with E-state index in [4.69, 9.17) is 0 Å². The number of alkyl halides is 3. The van der Waals surface area contributed by atoms with Crippen molar-refractivity contribution in [3.05, 3.63) is 101 Å². The van der Waals surface area contributed by atoms with E-state index in [0.717, 1.165) is 10.6 Å². The Hall–Kier alpha value is -4.22. The van der Waals surface area contributed by atoms with E-state index in [0.29, 0.717) is 42.7 Å². The number of halogens is 3. The highest BCUT2D eigenvalue weighted by Gasteiger charge is 2.31. The molecule has 2 heterocycles. The van der Waals surface area contributed by atoms with Crippen molar-refractivity contribution in [3.63, 3.8) is 0 Å². The number of carbonyl (C=O) groups is 2. The van der Waals surface area contributed by atoms with E-state index in [1.807, 2.05) is 30.3 Å². The number of aromatic nitrogens is 1. The van der Waals surface area contributed by atoms with Gasteiger partial charge in [-0.05, 0) is 42.2 Å². The number of nitrogens with one attached hydrogen (secondary N) is 1. The molecule has 0 saturated carbocycles. The van der Waals surface area contributed by atoms with Gasteiger partial charge < -0.3 is 20.1 Å². The topological polar surface area (TPSA) is 91.8 Å². The Kier molecular flexibility index (Phi) is 8.89. The average Bonchev–Trinajstić information content (AvgIpc) is 3.48. The Morgan fingerprint density at radius 1 is 1.00 bits per heavy atom. The molecule has 1 unspecified atom stereocenters. The largest absolute Gasteiger partial charge is 0.573 e. The first kappa shape index (κ1) is 29.3. The van der Waals surface area contributed by atoms with Gasteiger partial charge in [0.05, 0.1) is 5.01 Å². The molecule has 0 bridgehead atoms. The molecule has 0 aliphatic carbocycles. The third-order valence-electron chi connectivity index (χ3n) is 7.04. The fraction of sp³-hybridized carbons (Fsp3) is 0.258. The van der Waals surface area contributed by atoms with E-state index in [2.05, 4.69) is 15.0 Å². The third-order valence-corrected chi connectivity index (χ3v) is 8.05. The molecular weight excluding hydrogens is 567 g/mol. The lowest BCUT2D eigenvalue weighted by Crippen LogP contribution is -2.44. The number of nitrogens with zero attached hydrogens (tertiary/aromatic N) is 2. The Bertz CT molecular complexity index is 1520. The van der Waals surface area contributed by atoms with Gasteiger partial charge in [-0.25, -0.2) is 4.98 Å². The summed E-state index contributed by atoms with van der Waals surface area (Å²) in [7, 11) is 0. The Balaban J connectivity index is 1.18. The predicted molar refractivity (Wildman–Crippen MR) is 153 cm³/mol. The summed E-state index contributed by atoms with van der Waals surface area (Å²) >= 11 is 1.39. The second-order valence-electron chi connectivity index (χ2n) is 9.95. The fourth-order valence-corrected chi connectivity index (χ4v) is 5.90. The molecule has 218 valence electrons. The van der Waals surface area contributed by atoms with Crippen LogP contribution in [-0.2, 0) is 11.2 Å². The van der Waals surface area contributed by atoms with Crippen molar-refractivity contribution in [2.75, 3.05) is 18.4 Å². The first-order chi connectivity index (χ1) is 20.2. The minimum atomic E-state index is -4.78. The van der Waals surface area contributed by atoms with Crippen LogP contribution in [0.15, 0.2) is 84.2 Å². The second kappa shape index (κ2) is 12.7. The second-order valence-corrected chi connectivity index (χ2v) is 10.8. The van der Waals surface area contributed by atoms with Gasteiger partial charge in [-0.2, -0.15) is 0 Å². The minimum absolute atomic E-state index is 0.0941. The summed E-state index contributed by atoms with van der Waals surface area (Å²) < 4.78 is 41.4. The normalized spacial score (nSPS) is 14.8. The van der Waals surface area contributed by atoms with Gasteiger partial charge in [0.25, 0.3) is 11.8 Å². The predicted octanol–water partition coefficient (Wildman–Crippen LogP) is 6.27. The van der Waals surface area contributed by atoms with Gasteiger partial charge in [-0.1, -0.05) is 60.7 Å². The van der Waals surface area contributed by atoms with E-state index in [-0.39, 0.29) is 29.7 Å². The van der Waals surface area contributed by atoms with Gasteiger partial charge in [-0.3, -0.25) is 9.59 Å². The fourth-order valence-electron chi connectivity index (χ4n) is 4.93. The van der Waals surface area contributed by atoms with Crippen molar-refractivity contribution in [3.8, 4) is 16.9 Å². The van der Waals surface area contributed by atoms with Gasteiger partial charge >= 0.3 is 6.36 Å². The van der Waals surface area contributed by atoms with Crippen LogP contribution in [-0.4, -0.2) is 52.4 Å². The number of aliphatic hydroxyl groups is 1. The zero-order chi connectivity index (χ0) is 29.7. The van der Waals surface area contributed by atoms with Crippen LogP contribution in [0.25, 0.3) is 11.1 Å². The van der Waals surface area contributed by atoms with Crippen molar-refractivity contribution >= 4 is 28.8 Å². The van der Waals surface area contributed by atoms with Gasteiger partial charge in [0.15, 0.2) is 0 Å². The number of amides is 2. The summed E-state index contributed by atoms with van der Waals surface area (Å²) in [5.41, 5.74) is 2.89. The Morgan fingerprint density at radius 2 is 1.67 bits per heavy atom. The number of ether oxygens (including phenoxy) is 1. The highest BCUT2D eigenvalue weighted by atomic mass is 32.1. The molecule has 7 nitrogen and oxygen atoms in total. The number of rotatable bonds is 8. The van der Waals surface area contributed by atoms with E-state index < -0.39 is 18.4 Å². The molecule has 11 heteroatoms. The third kappa shape index (κ3) is 7.34. The van der Waals surface area contributed by atoms with Crippen LogP contribution in [0, 0.1) is 0 Å². The number of anilines is 1. The maximum Gasteiger partial charge on any atom is 0.573 e. The number of hydrogen-bond donors (Lipinski definition) is 2. The molecule has 0 spiro atoms. The summed E-state index contributed by atoms with van der Waals surface area (Å²) in [6.07, 6.45) is -4.25. The number of carbonyl (C=O) groups excluding carboxylic acids is 2. The van der Waals surface area contributed by atoms with E-state index in [9.17, 15) is 27.9 Å². The van der Waals surface area contributed by atoms with Crippen molar-refractivity contribution < 1.29 is 32.6 Å². The van der Waals surface area contributed by atoms with Crippen molar-refractivity contribution in [1.82, 2.24) is 9.88 Å². The minimum Gasteiger partial charge on any atom is -0.406 e. The zero-order valence-corrected chi connectivity index (χ0v) is 23.2. The van der Waals surface area contributed by atoms with E-state index in [1.165, 1.54) is 35.6 Å². The Morgan fingerprint density at radius 3 is 2.36 bits per heavy atom. The van der Waals surface area contributed by atoms with E-state index in [1.54, 1.807) is 34.5 Å². The molecule has 4 aromatic rings. The highest BCUT2D eigenvalue weighted by Crippen LogP contribution is 2.33. The lowest BCUT2D eigenvalue weighted by atomic mass is 9.96. The SMILES string of the molecule is O=C(Nc1ccccc1-c1ccc(OC(F)(F)F)cc1)c1csc(C2CCN(C(=O)C(O)Cc3ccccc3)CC2)n1. The van der Waals surface area contributed by atoms with Crippen LogP contribution in [0.4, 0.5) is 18.9 Å². The van der Waals surface area contributed by atoms with Crippen molar-refractivity contribution in [2.45, 2.75) is 37.6 Å². The summed E-state index contributed by atoms with van der Waals surface area (Å²) in [6, 6.07) is 21.8. The number of piperidine rings is 1. The van der Waals surface area contributed by atoms with Gasteiger partial charge in [-0.15, -0.1) is 24.5 Å². The summed E-state index contributed by atoms with van der Waals surface area (Å²) in [5, 5.41) is 15.8. The van der Waals surface area contributed by atoms with Crippen LogP contribution in [0.1, 0.15) is 39.8 Å². The summed E-state index contributed by atoms with van der Waals surface area (Å²) in [5.74, 6) is -0.922. The lowest BCUT2D eigenvalue weighted by Gasteiger charge is -2.32. The standard InChI is InChI=1S/C31H28F3N3O4S/c32-31(33,34)41-23-12-10-21(11-13-23)24-8-4-5-9-25(24)35-28(39)26-19-42-29(36-26)22-14-16-37(17-15-22)30(40)27(38)18-20-6-2-1-3-7-20/h1-13,19,22,27,38H,14-18H2,(H,35,39).